The van der Waals surface area contributed by atoms with E-state index in [9.17, 15) is 4.79 Å². The Balaban J connectivity index is 1.09. The number of nitrogens with one attached hydrogen (secondary N) is 1. The molecule has 36 heavy (non-hydrogen) atoms. The average Bonchev–Trinajstić information content (AvgIpc) is 3.38. The summed E-state index contributed by atoms with van der Waals surface area (Å²) in [7, 11) is 0. The molecule has 8 heteroatoms. The van der Waals surface area contributed by atoms with Gasteiger partial charge in [0, 0.05) is 30.3 Å². The van der Waals surface area contributed by atoms with Crippen LogP contribution < -0.4 is 10.2 Å². The Labute approximate surface area is 217 Å². The molecule has 0 aliphatic carbocycles. The molecule has 2 fully saturated rings. The number of halogens is 1. The van der Waals surface area contributed by atoms with Crippen molar-refractivity contribution in [3.8, 4) is 11.4 Å². The number of amides is 1. The molecule has 0 saturated carbocycles. The Morgan fingerprint density at radius 2 is 1.78 bits per heavy atom. The summed E-state index contributed by atoms with van der Waals surface area (Å²) in [6, 6.07) is 16.1. The van der Waals surface area contributed by atoms with Crippen molar-refractivity contribution in [2.75, 3.05) is 31.1 Å². The van der Waals surface area contributed by atoms with E-state index in [0.717, 1.165) is 50.1 Å². The highest BCUT2D eigenvalue weighted by Gasteiger charge is 2.27. The molecule has 7 nitrogen and oxygen atoms in total. The average molecular weight is 508 g/mol. The molecule has 0 spiro atoms. The van der Waals surface area contributed by atoms with Gasteiger partial charge in [0.15, 0.2) is 0 Å². The van der Waals surface area contributed by atoms with Gasteiger partial charge in [0.05, 0.1) is 17.6 Å². The number of carbonyl (C=O) groups excluding carboxylic acids is 1. The summed E-state index contributed by atoms with van der Waals surface area (Å²) in [5.41, 5.74) is 3.19. The van der Waals surface area contributed by atoms with Gasteiger partial charge in [-0.1, -0.05) is 41.0 Å². The van der Waals surface area contributed by atoms with E-state index >= 15 is 0 Å². The summed E-state index contributed by atoms with van der Waals surface area (Å²) in [5.74, 6) is 1.23. The second-order valence-corrected chi connectivity index (χ2v) is 10.3. The zero-order valence-electron chi connectivity index (χ0n) is 20.8. The molecule has 3 heterocycles. The number of likely N-dealkylation sites (tertiary alicyclic amines) is 1. The molecule has 190 valence electrons. The van der Waals surface area contributed by atoms with E-state index in [1.807, 2.05) is 24.3 Å². The molecule has 2 aliphatic heterocycles. The number of benzene rings is 2. The first-order chi connectivity index (χ1) is 17.6. The van der Waals surface area contributed by atoms with Gasteiger partial charge in [-0.25, -0.2) is 0 Å². The maximum absolute atomic E-state index is 13.0. The van der Waals surface area contributed by atoms with Crippen LogP contribution in [0.5, 0.6) is 0 Å². The van der Waals surface area contributed by atoms with Crippen molar-refractivity contribution in [1.29, 1.82) is 0 Å². The predicted molar refractivity (Wildman–Crippen MR) is 142 cm³/mol. The minimum absolute atomic E-state index is 0.00689. The number of anilines is 1. The van der Waals surface area contributed by atoms with Crippen LogP contribution in [0, 0.1) is 5.92 Å². The van der Waals surface area contributed by atoms with Crippen LogP contribution in [-0.4, -0.2) is 47.1 Å². The zero-order valence-corrected chi connectivity index (χ0v) is 21.6. The van der Waals surface area contributed by atoms with E-state index in [4.69, 9.17) is 16.1 Å². The molecule has 2 aliphatic rings. The Kier molecular flexibility index (Phi) is 7.87. The minimum atomic E-state index is -0.00689. The van der Waals surface area contributed by atoms with Gasteiger partial charge in [-0.15, -0.1) is 0 Å². The van der Waals surface area contributed by atoms with Crippen molar-refractivity contribution in [1.82, 2.24) is 20.4 Å². The molecule has 2 saturated heterocycles. The largest absolute Gasteiger partial charge is 0.372 e. The lowest BCUT2D eigenvalue weighted by Gasteiger charge is -2.31. The van der Waals surface area contributed by atoms with Crippen molar-refractivity contribution in [2.45, 2.75) is 51.6 Å². The molecule has 5 rings (SSSR count). The van der Waals surface area contributed by atoms with Crippen LogP contribution >= 0.6 is 11.6 Å². The molecule has 3 aromatic rings. The highest BCUT2D eigenvalue weighted by atomic mass is 35.5. The first kappa shape index (κ1) is 24.8. The van der Waals surface area contributed by atoms with Crippen LogP contribution in [0.3, 0.4) is 0 Å². The van der Waals surface area contributed by atoms with Crippen LogP contribution in [0.15, 0.2) is 53.1 Å². The maximum Gasteiger partial charge on any atom is 0.241 e. The molecule has 1 N–H and O–H groups in total. The topological polar surface area (TPSA) is 74.5 Å². The van der Waals surface area contributed by atoms with Gasteiger partial charge in [0.1, 0.15) is 0 Å². The second kappa shape index (κ2) is 11.4. The Morgan fingerprint density at radius 3 is 2.50 bits per heavy atom. The Morgan fingerprint density at radius 1 is 1.06 bits per heavy atom. The quantitative estimate of drug-likeness (QED) is 0.457. The van der Waals surface area contributed by atoms with E-state index in [1.165, 1.54) is 24.9 Å². The summed E-state index contributed by atoms with van der Waals surface area (Å²) in [5, 5.41) is 7.92. The van der Waals surface area contributed by atoms with E-state index in [-0.39, 0.29) is 17.9 Å². The van der Waals surface area contributed by atoms with Crippen molar-refractivity contribution >= 4 is 23.2 Å². The van der Waals surface area contributed by atoms with Crippen molar-refractivity contribution in [3.63, 3.8) is 0 Å². The molecule has 1 atom stereocenters. The molecule has 0 radical (unpaired) electrons. The number of nitrogens with zero attached hydrogens (tertiary/aromatic N) is 4. The van der Waals surface area contributed by atoms with Crippen LogP contribution in [0.4, 0.5) is 5.69 Å². The monoisotopic (exact) mass is 507 g/mol. The number of hydrogen-bond donors (Lipinski definition) is 1. The Bertz CT molecular complexity index is 1150. The highest BCUT2D eigenvalue weighted by Crippen LogP contribution is 2.27. The number of piperidine rings is 2. The minimum Gasteiger partial charge on any atom is -0.372 e. The lowest BCUT2D eigenvalue weighted by molar-refractivity contribution is -0.127. The third-order valence-corrected chi connectivity index (χ3v) is 7.70. The molecule has 1 aromatic heterocycles. The lowest BCUT2D eigenvalue weighted by atomic mass is 9.95. The first-order valence-corrected chi connectivity index (χ1v) is 13.4. The fraction of sp³-hybridized carbons (Fsp3) is 0.464. The lowest BCUT2D eigenvalue weighted by Crippen LogP contribution is -2.41. The summed E-state index contributed by atoms with van der Waals surface area (Å²) in [6.45, 7) is 6.56. The Hall–Kier alpha value is -2.90. The predicted octanol–water partition coefficient (Wildman–Crippen LogP) is 5.47. The van der Waals surface area contributed by atoms with E-state index in [1.54, 1.807) is 0 Å². The fourth-order valence-electron chi connectivity index (χ4n) is 5.16. The number of rotatable bonds is 7. The van der Waals surface area contributed by atoms with Crippen molar-refractivity contribution in [2.24, 2.45) is 5.92 Å². The smallest absolute Gasteiger partial charge is 0.241 e. The van der Waals surface area contributed by atoms with Crippen LogP contribution in [0.1, 0.15) is 56.5 Å². The molecular formula is C28H34ClN5O2. The third kappa shape index (κ3) is 5.90. The van der Waals surface area contributed by atoms with Crippen molar-refractivity contribution < 1.29 is 9.32 Å². The highest BCUT2D eigenvalue weighted by molar-refractivity contribution is 6.33. The number of hydrogen-bond acceptors (Lipinski definition) is 6. The standard InChI is InChI=1S/C28H34ClN5O2/c1-20(21-9-11-23(12-10-21)34-15-5-2-6-16-34)30-28(35)22-13-17-33(18-14-22)19-26-31-27(32-36-26)24-7-3-4-8-25(24)29/h3-4,7-12,20,22H,2,5-6,13-19H2,1H3,(H,30,35). The van der Waals surface area contributed by atoms with E-state index in [0.29, 0.717) is 23.3 Å². The molecule has 1 unspecified atom stereocenters. The van der Waals surface area contributed by atoms with Gasteiger partial charge in [0.2, 0.25) is 17.6 Å². The third-order valence-electron chi connectivity index (χ3n) is 7.37. The van der Waals surface area contributed by atoms with E-state index < -0.39 is 0 Å². The van der Waals surface area contributed by atoms with Crippen LogP contribution in [0.2, 0.25) is 5.02 Å². The van der Waals surface area contributed by atoms with Gasteiger partial charge >= 0.3 is 0 Å². The summed E-state index contributed by atoms with van der Waals surface area (Å²) < 4.78 is 5.46. The van der Waals surface area contributed by atoms with Gasteiger partial charge in [-0.05, 0) is 81.9 Å². The summed E-state index contributed by atoms with van der Waals surface area (Å²) >= 11 is 6.25. The van der Waals surface area contributed by atoms with Crippen molar-refractivity contribution in [3.05, 3.63) is 65.0 Å². The summed E-state index contributed by atoms with van der Waals surface area (Å²) in [6.07, 6.45) is 5.50. The second-order valence-electron chi connectivity index (χ2n) is 9.91. The van der Waals surface area contributed by atoms with Crippen LogP contribution in [0.25, 0.3) is 11.4 Å². The fourth-order valence-corrected chi connectivity index (χ4v) is 5.38. The van der Waals surface area contributed by atoms with Gasteiger partial charge in [0.25, 0.3) is 0 Å². The van der Waals surface area contributed by atoms with E-state index in [2.05, 4.69) is 56.4 Å². The van der Waals surface area contributed by atoms with Gasteiger partial charge < -0.3 is 14.7 Å². The number of carbonyl (C=O) groups is 1. The maximum atomic E-state index is 13.0. The van der Waals surface area contributed by atoms with Crippen LogP contribution in [-0.2, 0) is 11.3 Å². The normalized spacial score (nSPS) is 18.2. The first-order valence-electron chi connectivity index (χ1n) is 13.0. The van der Waals surface area contributed by atoms with Gasteiger partial charge in [-0.2, -0.15) is 4.98 Å². The SMILES string of the molecule is CC(NC(=O)C1CCN(Cc2nc(-c3ccccc3Cl)no2)CC1)c1ccc(N2CCCCC2)cc1. The zero-order chi connectivity index (χ0) is 24.9. The number of aromatic nitrogens is 2. The molecule has 2 aromatic carbocycles. The van der Waals surface area contributed by atoms with Gasteiger partial charge in [-0.3, -0.25) is 9.69 Å². The summed E-state index contributed by atoms with van der Waals surface area (Å²) in [4.78, 5) is 22.2. The molecule has 0 bridgehead atoms. The molecule has 1 amide bonds. The molecular weight excluding hydrogens is 474 g/mol.